The fourth-order valence-corrected chi connectivity index (χ4v) is 2.10. The molecule has 2 rings (SSSR count). The zero-order valence-corrected chi connectivity index (χ0v) is 9.11. The van der Waals surface area contributed by atoms with Crippen molar-refractivity contribution in [3.8, 4) is 0 Å². The van der Waals surface area contributed by atoms with E-state index in [9.17, 15) is 0 Å². The largest absolute Gasteiger partial charge is 0.378 e. The van der Waals surface area contributed by atoms with E-state index in [0.29, 0.717) is 16.7 Å². The number of hydrogen-bond donors (Lipinski definition) is 1. The molecule has 1 heterocycles. The molecule has 0 saturated carbocycles. The molecule has 1 saturated heterocycles. The Balaban J connectivity index is 2.21. The van der Waals surface area contributed by atoms with E-state index < -0.39 is 0 Å². The fourth-order valence-electron chi connectivity index (χ4n) is 1.56. The van der Waals surface area contributed by atoms with E-state index in [2.05, 4.69) is 5.32 Å². The summed E-state index contributed by atoms with van der Waals surface area (Å²) in [4.78, 5) is 0. The first-order valence-corrected chi connectivity index (χ1v) is 5.28. The number of rotatable bonds is 1. The average Bonchev–Trinajstić information content (AvgIpc) is 2.18. The first-order chi connectivity index (χ1) is 6.75. The third-order valence-corrected chi connectivity index (χ3v) is 2.65. The summed E-state index contributed by atoms with van der Waals surface area (Å²) >= 11 is 11.8. The minimum Gasteiger partial charge on any atom is -0.378 e. The number of morpholine rings is 1. The lowest BCUT2D eigenvalue weighted by Crippen LogP contribution is -2.34. The monoisotopic (exact) mass is 231 g/mol. The van der Waals surface area contributed by atoms with Crippen molar-refractivity contribution < 1.29 is 4.74 Å². The second-order valence-corrected chi connectivity index (χ2v) is 4.16. The highest BCUT2D eigenvalue weighted by atomic mass is 35.5. The van der Waals surface area contributed by atoms with E-state index in [1.165, 1.54) is 0 Å². The van der Waals surface area contributed by atoms with Crippen LogP contribution in [-0.4, -0.2) is 19.8 Å². The predicted octanol–water partition coefficient (Wildman–Crippen LogP) is 2.65. The number of benzene rings is 1. The topological polar surface area (TPSA) is 21.3 Å². The first kappa shape index (κ1) is 10.2. The predicted molar refractivity (Wildman–Crippen MR) is 58.0 cm³/mol. The molecule has 1 atom stereocenters. The molecular formula is C10H11Cl2NO. The molecule has 14 heavy (non-hydrogen) atoms. The van der Waals surface area contributed by atoms with E-state index in [1.54, 1.807) is 6.07 Å². The van der Waals surface area contributed by atoms with Crippen molar-refractivity contribution >= 4 is 23.2 Å². The van der Waals surface area contributed by atoms with Crippen LogP contribution in [0.2, 0.25) is 10.0 Å². The molecule has 0 aromatic heterocycles. The maximum absolute atomic E-state index is 5.92. The zero-order chi connectivity index (χ0) is 9.97. The molecule has 2 nitrogen and oxygen atoms in total. The summed E-state index contributed by atoms with van der Waals surface area (Å²) in [5, 5.41) is 4.68. The van der Waals surface area contributed by atoms with Gasteiger partial charge in [-0.05, 0) is 23.8 Å². The van der Waals surface area contributed by atoms with Gasteiger partial charge in [0.05, 0.1) is 19.3 Å². The van der Waals surface area contributed by atoms with Gasteiger partial charge in [0.25, 0.3) is 0 Å². The normalized spacial score (nSPS) is 22.3. The molecule has 1 aromatic carbocycles. The van der Waals surface area contributed by atoms with Gasteiger partial charge >= 0.3 is 0 Å². The number of halogens is 2. The van der Waals surface area contributed by atoms with Crippen LogP contribution in [0.15, 0.2) is 18.2 Å². The Bertz CT molecular complexity index is 304. The summed E-state index contributed by atoms with van der Waals surface area (Å²) in [6.07, 6.45) is 0. The van der Waals surface area contributed by atoms with Crippen LogP contribution in [0.3, 0.4) is 0 Å². The Morgan fingerprint density at radius 3 is 2.50 bits per heavy atom. The second kappa shape index (κ2) is 4.49. The number of ether oxygens (including phenoxy) is 1. The van der Waals surface area contributed by atoms with Gasteiger partial charge < -0.3 is 10.1 Å². The lowest BCUT2D eigenvalue weighted by molar-refractivity contribution is 0.0769. The van der Waals surface area contributed by atoms with E-state index in [1.807, 2.05) is 12.1 Å². The average molecular weight is 232 g/mol. The molecule has 4 heteroatoms. The minimum atomic E-state index is 0.208. The van der Waals surface area contributed by atoms with Crippen LogP contribution in [0.25, 0.3) is 0 Å². The fraction of sp³-hybridized carbons (Fsp3) is 0.400. The van der Waals surface area contributed by atoms with Gasteiger partial charge in [0.15, 0.2) is 0 Å². The number of hydrogen-bond acceptors (Lipinski definition) is 2. The molecule has 0 aliphatic carbocycles. The Morgan fingerprint density at radius 2 is 1.93 bits per heavy atom. The van der Waals surface area contributed by atoms with Crippen molar-refractivity contribution in [2.45, 2.75) is 6.04 Å². The molecular weight excluding hydrogens is 221 g/mol. The van der Waals surface area contributed by atoms with Gasteiger partial charge in [-0.2, -0.15) is 0 Å². The third kappa shape index (κ3) is 2.39. The van der Waals surface area contributed by atoms with Crippen LogP contribution in [0, 0.1) is 0 Å². The molecule has 1 N–H and O–H groups in total. The second-order valence-electron chi connectivity index (χ2n) is 3.28. The Labute approximate surface area is 93.2 Å². The van der Waals surface area contributed by atoms with E-state index in [4.69, 9.17) is 27.9 Å². The Morgan fingerprint density at radius 1 is 1.21 bits per heavy atom. The van der Waals surface area contributed by atoms with Gasteiger partial charge in [0.1, 0.15) is 0 Å². The van der Waals surface area contributed by atoms with Crippen molar-refractivity contribution in [1.29, 1.82) is 0 Å². The molecule has 0 amide bonds. The van der Waals surface area contributed by atoms with E-state index in [0.717, 1.165) is 18.7 Å². The molecule has 1 fully saturated rings. The van der Waals surface area contributed by atoms with Crippen molar-refractivity contribution in [2.75, 3.05) is 19.8 Å². The van der Waals surface area contributed by atoms with Gasteiger partial charge in [0.2, 0.25) is 0 Å². The molecule has 76 valence electrons. The smallest absolute Gasteiger partial charge is 0.0662 e. The summed E-state index contributed by atoms with van der Waals surface area (Å²) in [5.41, 5.74) is 1.09. The van der Waals surface area contributed by atoms with Gasteiger partial charge in [0, 0.05) is 16.6 Å². The molecule has 0 bridgehead atoms. The summed E-state index contributed by atoms with van der Waals surface area (Å²) < 4.78 is 5.37. The van der Waals surface area contributed by atoms with Crippen LogP contribution in [0.5, 0.6) is 0 Å². The van der Waals surface area contributed by atoms with Crippen LogP contribution < -0.4 is 5.32 Å². The van der Waals surface area contributed by atoms with Gasteiger partial charge in [-0.15, -0.1) is 0 Å². The maximum Gasteiger partial charge on any atom is 0.0662 e. The van der Waals surface area contributed by atoms with E-state index >= 15 is 0 Å². The highest BCUT2D eigenvalue weighted by Crippen LogP contribution is 2.24. The van der Waals surface area contributed by atoms with Crippen molar-refractivity contribution in [1.82, 2.24) is 5.32 Å². The quantitative estimate of drug-likeness (QED) is 0.803. The molecule has 1 aliphatic heterocycles. The lowest BCUT2D eigenvalue weighted by atomic mass is 10.1. The van der Waals surface area contributed by atoms with Crippen LogP contribution >= 0.6 is 23.2 Å². The highest BCUT2D eigenvalue weighted by Gasteiger charge is 2.15. The van der Waals surface area contributed by atoms with E-state index in [-0.39, 0.29) is 6.04 Å². The summed E-state index contributed by atoms with van der Waals surface area (Å²) in [6, 6.07) is 5.77. The minimum absolute atomic E-state index is 0.208. The summed E-state index contributed by atoms with van der Waals surface area (Å²) in [5.74, 6) is 0. The van der Waals surface area contributed by atoms with Crippen LogP contribution in [-0.2, 0) is 4.74 Å². The summed E-state index contributed by atoms with van der Waals surface area (Å²) in [6.45, 7) is 2.32. The molecule has 1 aliphatic rings. The SMILES string of the molecule is Clc1cc(Cl)cc([C@@H]2COCCN2)c1. The zero-order valence-electron chi connectivity index (χ0n) is 7.59. The Kier molecular flexibility index (Phi) is 3.29. The van der Waals surface area contributed by atoms with Gasteiger partial charge in [-0.1, -0.05) is 23.2 Å². The standard InChI is InChI=1S/C10H11Cl2NO/c11-8-3-7(4-9(12)5-8)10-6-14-2-1-13-10/h3-5,10,13H,1-2,6H2/t10-/m0/s1. The third-order valence-electron chi connectivity index (χ3n) is 2.21. The van der Waals surface area contributed by atoms with Crippen molar-refractivity contribution in [3.63, 3.8) is 0 Å². The molecule has 0 radical (unpaired) electrons. The molecule has 0 spiro atoms. The van der Waals surface area contributed by atoms with Gasteiger partial charge in [-0.3, -0.25) is 0 Å². The van der Waals surface area contributed by atoms with Gasteiger partial charge in [-0.25, -0.2) is 0 Å². The summed E-state index contributed by atoms with van der Waals surface area (Å²) in [7, 11) is 0. The first-order valence-electron chi connectivity index (χ1n) is 4.53. The molecule has 0 unspecified atom stereocenters. The molecule has 1 aromatic rings. The maximum atomic E-state index is 5.92. The lowest BCUT2D eigenvalue weighted by Gasteiger charge is -2.24. The van der Waals surface area contributed by atoms with Crippen molar-refractivity contribution in [3.05, 3.63) is 33.8 Å². The van der Waals surface area contributed by atoms with Crippen molar-refractivity contribution in [2.24, 2.45) is 0 Å². The Hall–Kier alpha value is -0.280. The highest BCUT2D eigenvalue weighted by molar-refractivity contribution is 6.34. The van der Waals surface area contributed by atoms with Crippen LogP contribution in [0.4, 0.5) is 0 Å². The number of nitrogens with one attached hydrogen (secondary N) is 1. The van der Waals surface area contributed by atoms with Crippen LogP contribution in [0.1, 0.15) is 11.6 Å².